The SMILES string of the molecule is CC(/C=C/C1C(=O)NC(=O)N(c2ccccc2)C1O)=C\C=C1/C(=O)NC(=O)N(CCCS(=O)(=O)[O-])C1=O. The van der Waals surface area contributed by atoms with Crippen molar-refractivity contribution in [2.45, 2.75) is 19.6 Å². The number of carbonyl (C=O) groups is 5. The molecule has 2 aliphatic heterocycles. The van der Waals surface area contributed by atoms with Gasteiger partial charge in [-0.1, -0.05) is 42.0 Å². The zero-order valence-electron chi connectivity index (χ0n) is 19.5. The molecule has 2 heterocycles. The monoisotopic (exact) mass is 531 g/mol. The average molecular weight is 532 g/mol. The van der Waals surface area contributed by atoms with E-state index in [0.717, 1.165) is 11.0 Å². The van der Waals surface area contributed by atoms with E-state index in [-0.39, 0.29) is 13.0 Å². The van der Waals surface area contributed by atoms with Crippen molar-refractivity contribution in [3.8, 4) is 0 Å². The lowest BCUT2D eigenvalue weighted by Crippen LogP contribution is -2.60. The summed E-state index contributed by atoms with van der Waals surface area (Å²) >= 11 is 0. The van der Waals surface area contributed by atoms with E-state index in [0.29, 0.717) is 16.2 Å². The van der Waals surface area contributed by atoms with Crippen LogP contribution in [0.3, 0.4) is 0 Å². The van der Waals surface area contributed by atoms with Gasteiger partial charge in [-0.2, -0.15) is 0 Å². The Balaban J connectivity index is 1.74. The van der Waals surface area contributed by atoms with Crippen molar-refractivity contribution in [3.05, 3.63) is 65.8 Å². The molecule has 3 rings (SSSR count). The molecular weight excluding hydrogens is 508 g/mol. The number of anilines is 1. The third-order valence-electron chi connectivity index (χ3n) is 5.41. The number of nitrogens with one attached hydrogen (secondary N) is 2. The fraction of sp³-hybridized carbons (Fsp3) is 0.261. The predicted molar refractivity (Wildman–Crippen MR) is 127 cm³/mol. The molecule has 0 aliphatic carbocycles. The van der Waals surface area contributed by atoms with Crippen molar-refractivity contribution in [1.82, 2.24) is 15.5 Å². The number of allylic oxidation sites excluding steroid dienone is 4. The van der Waals surface area contributed by atoms with Gasteiger partial charge in [-0.15, -0.1) is 0 Å². The van der Waals surface area contributed by atoms with Gasteiger partial charge in [0, 0.05) is 18.0 Å². The largest absolute Gasteiger partial charge is 0.748 e. The summed E-state index contributed by atoms with van der Waals surface area (Å²) in [6, 6.07) is 6.44. The highest BCUT2D eigenvalue weighted by Crippen LogP contribution is 2.24. The Labute approximate surface area is 211 Å². The molecule has 0 aromatic heterocycles. The van der Waals surface area contributed by atoms with E-state index in [4.69, 9.17) is 0 Å². The Morgan fingerprint density at radius 1 is 1.08 bits per heavy atom. The van der Waals surface area contributed by atoms with Crippen LogP contribution in [0.15, 0.2) is 65.8 Å². The summed E-state index contributed by atoms with van der Waals surface area (Å²) < 4.78 is 32.3. The number of amides is 7. The van der Waals surface area contributed by atoms with E-state index < -0.39 is 63.4 Å². The van der Waals surface area contributed by atoms with Gasteiger partial charge in [0.15, 0.2) is 6.23 Å². The predicted octanol–water partition coefficient (Wildman–Crippen LogP) is 0.120. The second-order valence-electron chi connectivity index (χ2n) is 8.12. The number of hydrogen-bond acceptors (Lipinski definition) is 9. The van der Waals surface area contributed by atoms with Crippen molar-refractivity contribution >= 4 is 45.6 Å². The molecule has 1 aromatic carbocycles. The molecule has 7 amide bonds. The van der Waals surface area contributed by atoms with E-state index in [9.17, 15) is 42.0 Å². The molecule has 0 radical (unpaired) electrons. The van der Waals surface area contributed by atoms with Crippen LogP contribution in [0.5, 0.6) is 0 Å². The lowest BCUT2D eigenvalue weighted by Gasteiger charge is -2.35. The molecule has 0 spiro atoms. The molecule has 2 unspecified atom stereocenters. The number of benzene rings is 1. The maximum Gasteiger partial charge on any atom is 0.331 e. The quantitative estimate of drug-likeness (QED) is 0.181. The number of hydrogen-bond donors (Lipinski definition) is 3. The van der Waals surface area contributed by atoms with Crippen LogP contribution < -0.4 is 15.5 Å². The molecule has 0 bridgehead atoms. The summed E-state index contributed by atoms with van der Waals surface area (Å²) in [5.41, 5.74) is 0.412. The van der Waals surface area contributed by atoms with E-state index in [1.807, 2.05) is 5.32 Å². The third kappa shape index (κ3) is 6.75. The minimum atomic E-state index is -4.54. The van der Waals surface area contributed by atoms with Crippen molar-refractivity contribution in [1.29, 1.82) is 0 Å². The lowest BCUT2D eigenvalue weighted by molar-refractivity contribution is -0.130. The molecule has 2 fully saturated rings. The maximum atomic E-state index is 12.6. The van der Waals surface area contributed by atoms with Crippen LogP contribution in [0.25, 0.3) is 0 Å². The molecule has 14 heteroatoms. The third-order valence-corrected chi connectivity index (χ3v) is 6.20. The summed E-state index contributed by atoms with van der Waals surface area (Å²) in [5, 5.41) is 14.8. The first-order valence-corrected chi connectivity index (χ1v) is 12.5. The molecule has 13 nitrogen and oxygen atoms in total. The highest BCUT2D eigenvalue weighted by atomic mass is 32.2. The molecule has 2 aliphatic rings. The van der Waals surface area contributed by atoms with Gasteiger partial charge >= 0.3 is 12.1 Å². The summed E-state index contributed by atoms with van der Waals surface area (Å²) in [6.45, 7) is 1.19. The summed E-state index contributed by atoms with van der Waals surface area (Å²) in [7, 11) is -4.54. The van der Waals surface area contributed by atoms with Crippen LogP contribution in [-0.2, 0) is 24.5 Å². The standard InChI is InChI=1S/C23H24N4O9S/c1-14(8-10-16-18(28)24-22(32)26(20(16)30)12-5-13-37(34,35)36)9-11-17-19(29)25-23(33)27(21(17)31)15-6-3-2-4-7-15/h2-4,6-11,17,21,31H,5,12-13H2,1H3,(H,24,28,32)(H,25,29,33)(H,34,35,36)/p-1/b11-9+,14-8+,16-10+. The van der Waals surface area contributed by atoms with Crippen LogP contribution in [0.1, 0.15) is 13.3 Å². The van der Waals surface area contributed by atoms with Gasteiger partial charge in [0.25, 0.3) is 11.8 Å². The first kappa shape index (κ1) is 27.4. The number of aliphatic hydroxyl groups is 1. The molecule has 196 valence electrons. The van der Waals surface area contributed by atoms with Crippen LogP contribution in [-0.4, -0.2) is 71.3 Å². The van der Waals surface area contributed by atoms with Crippen molar-refractivity contribution in [3.63, 3.8) is 0 Å². The highest BCUT2D eigenvalue weighted by molar-refractivity contribution is 7.85. The lowest BCUT2D eigenvalue weighted by atomic mass is 10.0. The molecule has 37 heavy (non-hydrogen) atoms. The summed E-state index contributed by atoms with van der Waals surface area (Å²) in [5.74, 6) is -4.56. The minimum absolute atomic E-state index is 0.293. The normalized spacial score (nSPS) is 22.6. The Kier molecular flexibility index (Phi) is 8.37. The smallest absolute Gasteiger partial charge is 0.331 e. The fourth-order valence-corrected chi connectivity index (χ4v) is 4.04. The maximum absolute atomic E-state index is 12.6. The van der Waals surface area contributed by atoms with E-state index in [2.05, 4.69) is 5.32 Å². The molecule has 0 saturated carbocycles. The number of rotatable bonds is 8. The van der Waals surface area contributed by atoms with E-state index in [1.54, 1.807) is 37.3 Å². The summed E-state index contributed by atoms with van der Waals surface area (Å²) in [4.78, 5) is 62.9. The second-order valence-corrected chi connectivity index (χ2v) is 9.64. The number of carbonyl (C=O) groups excluding carboxylic acids is 5. The van der Waals surface area contributed by atoms with Gasteiger partial charge in [-0.3, -0.25) is 34.8 Å². The fourth-order valence-electron chi connectivity index (χ4n) is 3.55. The molecule has 1 aromatic rings. The van der Waals surface area contributed by atoms with Crippen LogP contribution in [0.4, 0.5) is 15.3 Å². The minimum Gasteiger partial charge on any atom is -0.748 e. The van der Waals surface area contributed by atoms with Gasteiger partial charge in [-0.25, -0.2) is 18.0 Å². The van der Waals surface area contributed by atoms with Crippen LogP contribution >= 0.6 is 0 Å². The van der Waals surface area contributed by atoms with Crippen molar-refractivity contribution < 1.29 is 42.0 Å². The number of barbiturate groups is 1. The zero-order chi connectivity index (χ0) is 27.3. The number of urea groups is 2. The topological polar surface area (TPSA) is 193 Å². The number of imide groups is 3. The van der Waals surface area contributed by atoms with Crippen LogP contribution in [0, 0.1) is 5.92 Å². The Bertz CT molecular complexity index is 1320. The molecule has 3 N–H and O–H groups in total. The molecular formula is C23H23N4O9S-. The Morgan fingerprint density at radius 3 is 2.41 bits per heavy atom. The van der Waals surface area contributed by atoms with E-state index in [1.165, 1.54) is 18.2 Å². The molecule has 2 atom stereocenters. The zero-order valence-corrected chi connectivity index (χ0v) is 20.3. The molecule has 2 saturated heterocycles. The summed E-state index contributed by atoms with van der Waals surface area (Å²) in [6.07, 6.45) is 3.50. The average Bonchev–Trinajstić information content (AvgIpc) is 2.80. The Morgan fingerprint density at radius 2 is 1.76 bits per heavy atom. The number of para-hydroxylation sites is 1. The van der Waals surface area contributed by atoms with Gasteiger partial charge < -0.3 is 9.66 Å². The second kappa shape index (κ2) is 11.3. The van der Waals surface area contributed by atoms with Gasteiger partial charge in [0.2, 0.25) is 5.91 Å². The van der Waals surface area contributed by atoms with Crippen molar-refractivity contribution in [2.24, 2.45) is 5.92 Å². The number of aliphatic hydroxyl groups excluding tert-OH is 1. The highest BCUT2D eigenvalue weighted by Gasteiger charge is 2.40. The van der Waals surface area contributed by atoms with Gasteiger partial charge in [0.05, 0.1) is 10.1 Å². The van der Waals surface area contributed by atoms with Crippen molar-refractivity contribution in [2.75, 3.05) is 17.2 Å². The van der Waals surface area contributed by atoms with E-state index >= 15 is 0 Å². The Hall–Kier alpha value is -4.14. The first-order valence-electron chi connectivity index (χ1n) is 10.9. The van der Waals surface area contributed by atoms with Crippen LogP contribution in [0.2, 0.25) is 0 Å². The van der Waals surface area contributed by atoms with Gasteiger partial charge in [-0.05, 0) is 31.6 Å². The van der Waals surface area contributed by atoms with Gasteiger partial charge in [0.1, 0.15) is 11.5 Å². The first-order chi connectivity index (χ1) is 17.4. The number of nitrogens with zero attached hydrogens (tertiary/aromatic N) is 2.